The van der Waals surface area contributed by atoms with Crippen LogP contribution in [0.2, 0.25) is 0 Å². The van der Waals surface area contributed by atoms with E-state index in [1.54, 1.807) is 12.3 Å². The van der Waals surface area contributed by atoms with Crippen LogP contribution in [0.3, 0.4) is 0 Å². The molecule has 1 heterocycles. The number of hydrogen-bond acceptors (Lipinski definition) is 3. The van der Waals surface area contributed by atoms with Gasteiger partial charge in [-0.3, -0.25) is 14.6 Å². The van der Waals surface area contributed by atoms with Crippen molar-refractivity contribution in [3.63, 3.8) is 0 Å². The smallest absolute Gasteiger partial charge is 0.351 e. The van der Waals surface area contributed by atoms with Crippen LogP contribution in [0.5, 0.6) is 0 Å². The fraction of sp³-hybridized carbons (Fsp3) is 0.480. The summed E-state index contributed by atoms with van der Waals surface area (Å²) in [7, 11) is 0. The van der Waals surface area contributed by atoms with Gasteiger partial charge >= 0.3 is 6.18 Å². The lowest BCUT2D eigenvalue weighted by Gasteiger charge is -2.28. The van der Waals surface area contributed by atoms with Crippen molar-refractivity contribution in [3.05, 3.63) is 65.0 Å². The van der Waals surface area contributed by atoms with Crippen molar-refractivity contribution >= 4 is 11.7 Å². The van der Waals surface area contributed by atoms with Gasteiger partial charge < -0.3 is 5.32 Å². The van der Waals surface area contributed by atoms with Crippen LogP contribution in [0.4, 0.5) is 13.2 Å². The molecule has 1 fully saturated rings. The second-order valence-electron chi connectivity index (χ2n) is 8.87. The quantitative estimate of drug-likeness (QED) is 0.528. The maximum absolute atomic E-state index is 13.3. The van der Waals surface area contributed by atoms with Crippen LogP contribution in [-0.2, 0) is 6.18 Å². The summed E-state index contributed by atoms with van der Waals surface area (Å²) >= 11 is 0. The Hall–Kier alpha value is -2.70. The lowest BCUT2D eigenvalue weighted by molar-refractivity contribution is -0.138. The Balaban J connectivity index is 1.58. The second kappa shape index (κ2) is 10.3. The van der Waals surface area contributed by atoms with Crippen LogP contribution in [0.25, 0.3) is 0 Å². The zero-order valence-electron chi connectivity index (χ0n) is 18.4. The average Bonchev–Trinajstić information content (AvgIpc) is 2.78. The molecule has 0 unspecified atom stereocenters. The molecule has 172 valence electrons. The van der Waals surface area contributed by atoms with E-state index in [9.17, 15) is 22.8 Å². The summed E-state index contributed by atoms with van der Waals surface area (Å²) in [6, 6.07) is 8.60. The minimum absolute atomic E-state index is 0.183. The number of halogens is 3. The van der Waals surface area contributed by atoms with Crippen molar-refractivity contribution in [2.45, 2.75) is 58.0 Å². The standard InChI is InChI=1S/C25H29F3N2O2/c1-16(2)13-14-29-24(32)22-12-11-19(15-30-22)17-7-9-18(10-8-17)23(31)20-5-3-4-6-21(20)25(26,27)28/h3-6,11-12,15-18H,7-10,13-14H2,1-2H3,(H,29,32). The fourth-order valence-corrected chi connectivity index (χ4v) is 4.20. The minimum atomic E-state index is -4.54. The molecule has 0 saturated heterocycles. The lowest BCUT2D eigenvalue weighted by Crippen LogP contribution is -2.26. The highest BCUT2D eigenvalue weighted by Crippen LogP contribution is 2.39. The maximum Gasteiger partial charge on any atom is 0.417 e. The number of nitrogens with zero attached hydrogens (tertiary/aromatic N) is 1. The number of amides is 1. The summed E-state index contributed by atoms with van der Waals surface area (Å²) in [5, 5.41) is 2.86. The first-order valence-corrected chi connectivity index (χ1v) is 11.1. The van der Waals surface area contributed by atoms with Crippen molar-refractivity contribution < 1.29 is 22.8 Å². The van der Waals surface area contributed by atoms with Gasteiger partial charge in [-0.1, -0.05) is 38.1 Å². The normalized spacial score (nSPS) is 19.1. The molecule has 1 N–H and O–H groups in total. The van der Waals surface area contributed by atoms with Crippen LogP contribution in [-0.4, -0.2) is 23.2 Å². The first-order chi connectivity index (χ1) is 15.2. The van der Waals surface area contributed by atoms with Gasteiger partial charge in [0.15, 0.2) is 5.78 Å². The number of alkyl halides is 3. The zero-order valence-corrected chi connectivity index (χ0v) is 18.4. The van der Waals surface area contributed by atoms with E-state index in [0.717, 1.165) is 18.1 Å². The molecule has 0 bridgehead atoms. The average molecular weight is 447 g/mol. The van der Waals surface area contributed by atoms with E-state index in [1.807, 2.05) is 6.07 Å². The number of ketones is 1. The predicted octanol–water partition coefficient (Wildman–Crippen LogP) is 6.03. The Morgan fingerprint density at radius 3 is 2.34 bits per heavy atom. The third kappa shape index (κ3) is 5.96. The Kier molecular flexibility index (Phi) is 7.69. The van der Waals surface area contributed by atoms with Crippen LogP contribution < -0.4 is 5.32 Å². The number of carbonyl (C=O) groups excluding carboxylic acids is 2. The van der Waals surface area contributed by atoms with E-state index < -0.39 is 23.4 Å². The molecule has 0 radical (unpaired) electrons. The number of carbonyl (C=O) groups is 2. The first kappa shape index (κ1) is 24.0. The molecule has 32 heavy (non-hydrogen) atoms. The van der Waals surface area contributed by atoms with E-state index in [-0.39, 0.29) is 17.4 Å². The molecule has 4 nitrogen and oxygen atoms in total. The Labute approximate surface area is 186 Å². The van der Waals surface area contributed by atoms with Gasteiger partial charge in [-0.15, -0.1) is 0 Å². The van der Waals surface area contributed by atoms with Gasteiger partial charge in [-0.25, -0.2) is 0 Å². The SMILES string of the molecule is CC(C)CCNC(=O)c1ccc(C2CCC(C(=O)c3ccccc3C(F)(F)F)CC2)cn1. The molecule has 0 atom stereocenters. The Bertz CT molecular complexity index is 931. The van der Waals surface area contributed by atoms with Crippen LogP contribution in [0.15, 0.2) is 42.6 Å². The molecule has 1 aliphatic carbocycles. The highest BCUT2D eigenvalue weighted by molar-refractivity contribution is 5.99. The summed E-state index contributed by atoms with van der Waals surface area (Å²) in [4.78, 5) is 29.3. The molecule has 7 heteroatoms. The van der Waals surface area contributed by atoms with Crippen molar-refractivity contribution in [1.29, 1.82) is 0 Å². The van der Waals surface area contributed by atoms with Gasteiger partial charge in [0, 0.05) is 24.2 Å². The van der Waals surface area contributed by atoms with Crippen molar-refractivity contribution in [3.8, 4) is 0 Å². The monoisotopic (exact) mass is 446 g/mol. The molecule has 0 spiro atoms. The van der Waals surface area contributed by atoms with E-state index >= 15 is 0 Å². The molecule has 1 amide bonds. The third-order valence-electron chi connectivity index (χ3n) is 6.09. The largest absolute Gasteiger partial charge is 0.417 e. The second-order valence-corrected chi connectivity index (χ2v) is 8.87. The van der Waals surface area contributed by atoms with Crippen LogP contribution in [0.1, 0.15) is 83.8 Å². The van der Waals surface area contributed by atoms with E-state index in [2.05, 4.69) is 24.1 Å². The Morgan fingerprint density at radius 1 is 1.06 bits per heavy atom. The van der Waals surface area contributed by atoms with Crippen molar-refractivity contribution in [1.82, 2.24) is 10.3 Å². The van der Waals surface area contributed by atoms with Crippen LogP contribution >= 0.6 is 0 Å². The number of nitrogens with one attached hydrogen (secondary N) is 1. The van der Waals surface area contributed by atoms with Gasteiger partial charge in [-0.05, 0) is 61.6 Å². The molecule has 0 aliphatic heterocycles. The first-order valence-electron chi connectivity index (χ1n) is 11.1. The number of rotatable bonds is 7. The third-order valence-corrected chi connectivity index (χ3v) is 6.09. The summed E-state index contributed by atoms with van der Waals surface area (Å²) in [5.74, 6) is -0.344. The number of Topliss-reactive ketones (excluding diaryl/α,β-unsaturated/α-hetero) is 1. The summed E-state index contributed by atoms with van der Waals surface area (Å²) in [6.07, 6.45) is 0.527. The van der Waals surface area contributed by atoms with Crippen molar-refractivity contribution in [2.75, 3.05) is 6.54 Å². The number of aromatic nitrogens is 1. The van der Waals surface area contributed by atoms with Gasteiger partial charge in [-0.2, -0.15) is 13.2 Å². The predicted molar refractivity (Wildman–Crippen MR) is 116 cm³/mol. The highest BCUT2D eigenvalue weighted by Gasteiger charge is 2.37. The van der Waals surface area contributed by atoms with Gasteiger partial charge in [0.25, 0.3) is 5.91 Å². The van der Waals surface area contributed by atoms with E-state index in [4.69, 9.17) is 0 Å². The highest BCUT2D eigenvalue weighted by atomic mass is 19.4. The number of pyridine rings is 1. The summed E-state index contributed by atoms with van der Waals surface area (Å²) in [6.45, 7) is 4.79. The molecular formula is C25H29F3N2O2. The zero-order chi connectivity index (χ0) is 23.3. The van der Waals surface area contributed by atoms with Crippen LogP contribution in [0, 0.1) is 11.8 Å². The molecule has 1 saturated carbocycles. The number of benzene rings is 1. The molecule has 1 aliphatic rings. The van der Waals surface area contributed by atoms with Gasteiger partial charge in [0.05, 0.1) is 5.56 Å². The molecular weight excluding hydrogens is 417 g/mol. The van der Waals surface area contributed by atoms with E-state index in [1.165, 1.54) is 18.2 Å². The minimum Gasteiger partial charge on any atom is -0.351 e. The van der Waals surface area contributed by atoms with Crippen molar-refractivity contribution in [2.24, 2.45) is 11.8 Å². The molecule has 2 aromatic rings. The molecule has 1 aromatic heterocycles. The lowest BCUT2D eigenvalue weighted by atomic mass is 9.76. The topological polar surface area (TPSA) is 59.1 Å². The summed E-state index contributed by atoms with van der Waals surface area (Å²) < 4.78 is 39.8. The van der Waals surface area contributed by atoms with Gasteiger partial charge in [0.1, 0.15) is 5.69 Å². The Morgan fingerprint density at radius 2 is 1.75 bits per heavy atom. The molecule has 3 rings (SSSR count). The fourth-order valence-electron chi connectivity index (χ4n) is 4.20. The summed E-state index contributed by atoms with van der Waals surface area (Å²) in [5.41, 5.74) is 0.256. The molecule has 1 aromatic carbocycles. The van der Waals surface area contributed by atoms with Gasteiger partial charge in [0.2, 0.25) is 0 Å². The maximum atomic E-state index is 13.3. The number of hydrogen-bond donors (Lipinski definition) is 1. The van der Waals surface area contributed by atoms with E-state index in [0.29, 0.717) is 43.8 Å².